The molecule has 5 nitrogen and oxygen atoms in total. The van der Waals surface area contributed by atoms with Gasteiger partial charge in [0.2, 0.25) is 5.76 Å². The maximum Gasteiger partial charge on any atom is 0.374 e. The lowest BCUT2D eigenvalue weighted by molar-refractivity contribution is -0.140. The van der Waals surface area contributed by atoms with Gasteiger partial charge < -0.3 is 14.2 Å². The van der Waals surface area contributed by atoms with E-state index >= 15 is 0 Å². The summed E-state index contributed by atoms with van der Waals surface area (Å²) >= 11 is 0. The average molecular weight is 250 g/mol. The second kappa shape index (κ2) is 6.44. The molecule has 0 spiro atoms. The molecule has 0 fully saturated rings. The molecule has 96 valence electrons. The Hall–Kier alpha value is -2.30. The zero-order chi connectivity index (χ0) is 13.5. The maximum atomic E-state index is 11.4. The van der Waals surface area contributed by atoms with Gasteiger partial charge in [-0.15, -0.1) is 0 Å². The number of carbonyl (C=O) groups excluding carboxylic acids is 2. The quantitative estimate of drug-likeness (QED) is 0.461. The van der Waals surface area contributed by atoms with Crippen LogP contribution in [0.1, 0.15) is 5.56 Å². The molecule has 0 heterocycles. The predicted molar refractivity (Wildman–Crippen MR) is 63.9 cm³/mol. The summed E-state index contributed by atoms with van der Waals surface area (Å²) < 4.78 is 14.3. The molecule has 0 saturated carbocycles. The van der Waals surface area contributed by atoms with Crippen LogP contribution in [-0.4, -0.2) is 26.2 Å². The molecule has 1 aromatic rings. The van der Waals surface area contributed by atoms with Crippen LogP contribution < -0.4 is 4.74 Å². The normalized spacial score (nSPS) is 10.7. The first-order valence-corrected chi connectivity index (χ1v) is 5.19. The minimum absolute atomic E-state index is 0.227. The smallest absolute Gasteiger partial charge is 0.374 e. The number of hydrogen-bond donors (Lipinski definition) is 0. The Morgan fingerprint density at radius 1 is 1.17 bits per heavy atom. The number of rotatable bonds is 4. The number of methoxy groups -OCH3 is 2. The number of hydrogen-bond acceptors (Lipinski definition) is 5. The molecule has 0 amide bonds. The molecule has 18 heavy (non-hydrogen) atoms. The van der Waals surface area contributed by atoms with Gasteiger partial charge in [-0.2, -0.15) is 0 Å². The molecule has 5 heteroatoms. The van der Waals surface area contributed by atoms with E-state index in [9.17, 15) is 9.59 Å². The molecule has 1 rings (SSSR count). The van der Waals surface area contributed by atoms with Crippen LogP contribution in [0.3, 0.4) is 0 Å². The monoisotopic (exact) mass is 250 g/mol. The van der Waals surface area contributed by atoms with Crippen LogP contribution in [0.4, 0.5) is 0 Å². The summed E-state index contributed by atoms with van der Waals surface area (Å²) in [7, 11) is 2.41. The highest BCUT2D eigenvalue weighted by Gasteiger charge is 2.15. The Labute approximate surface area is 105 Å². The summed E-state index contributed by atoms with van der Waals surface area (Å²) in [5, 5.41) is 0. The summed E-state index contributed by atoms with van der Waals surface area (Å²) in [6.07, 6.45) is 0.939. The molecule has 0 aliphatic carbocycles. The van der Waals surface area contributed by atoms with Crippen LogP contribution in [0.25, 0.3) is 0 Å². The number of esters is 2. The van der Waals surface area contributed by atoms with Gasteiger partial charge in [0.25, 0.3) is 0 Å². The van der Waals surface area contributed by atoms with Gasteiger partial charge in [-0.25, -0.2) is 9.59 Å². The van der Waals surface area contributed by atoms with E-state index < -0.39 is 11.9 Å². The zero-order valence-corrected chi connectivity index (χ0v) is 10.4. The molecule has 1 aromatic carbocycles. The van der Waals surface area contributed by atoms with Gasteiger partial charge in [-0.3, -0.25) is 0 Å². The lowest BCUT2D eigenvalue weighted by Gasteiger charge is -2.08. The second-order valence-electron chi connectivity index (χ2n) is 3.44. The fraction of sp³-hybridized carbons (Fsp3) is 0.231. The van der Waals surface area contributed by atoms with E-state index in [1.54, 1.807) is 18.2 Å². The van der Waals surface area contributed by atoms with E-state index in [2.05, 4.69) is 9.47 Å². The molecule has 0 aromatic heterocycles. The van der Waals surface area contributed by atoms with E-state index in [1.165, 1.54) is 14.2 Å². The summed E-state index contributed by atoms with van der Waals surface area (Å²) in [5.41, 5.74) is 0.967. The molecule has 0 aliphatic rings. The molecule has 0 atom stereocenters. The second-order valence-corrected chi connectivity index (χ2v) is 3.44. The van der Waals surface area contributed by atoms with Gasteiger partial charge in [-0.1, -0.05) is 12.1 Å². The van der Waals surface area contributed by atoms with Gasteiger partial charge in [0.05, 0.1) is 20.3 Å². The third-order valence-corrected chi connectivity index (χ3v) is 2.05. The van der Waals surface area contributed by atoms with Crippen LogP contribution in [0, 0.1) is 6.92 Å². The van der Waals surface area contributed by atoms with Crippen molar-refractivity contribution >= 4 is 11.9 Å². The standard InChI is InChI=1S/C13H14O5/c1-9-5-4-6-10(7-9)18-11(13(15)17-3)8-12(14)16-2/h4-8H,1-3H3/b11-8+. The molecule has 0 N–H and O–H groups in total. The van der Waals surface area contributed by atoms with Crippen molar-refractivity contribution in [3.8, 4) is 5.75 Å². The topological polar surface area (TPSA) is 61.8 Å². The largest absolute Gasteiger partial charge is 0.466 e. The van der Waals surface area contributed by atoms with Crippen molar-refractivity contribution in [2.45, 2.75) is 6.92 Å². The first-order chi connectivity index (χ1) is 8.56. The Bertz CT molecular complexity index is 476. The first-order valence-electron chi connectivity index (χ1n) is 5.19. The van der Waals surface area contributed by atoms with Crippen molar-refractivity contribution in [2.24, 2.45) is 0 Å². The Morgan fingerprint density at radius 2 is 1.89 bits per heavy atom. The lowest BCUT2D eigenvalue weighted by Crippen LogP contribution is -2.13. The molecule has 0 saturated heterocycles. The molecule has 0 bridgehead atoms. The van der Waals surface area contributed by atoms with Crippen molar-refractivity contribution in [3.63, 3.8) is 0 Å². The van der Waals surface area contributed by atoms with E-state index in [0.717, 1.165) is 11.6 Å². The highest BCUT2D eigenvalue weighted by atomic mass is 16.6. The van der Waals surface area contributed by atoms with Crippen molar-refractivity contribution in [1.29, 1.82) is 0 Å². The van der Waals surface area contributed by atoms with Crippen LogP contribution >= 0.6 is 0 Å². The minimum atomic E-state index is -0.748. The van der Waals surface area contributed by atoms with E-state index in [-0.39, 0.29) is 5.76 Å². The number of aryl methyl sites for hydroxylation is 1. The van der Waals surface area contributed by atoms with Crippen molar-refractivity contribution in [1.82, 2.24) is 0 Å². The Morgan fingerprint density at radius 3 is 2.44 bits per heavy atom. The molecule has 0 unspecified atom stereocenters. The highest BCUT2D eigenvalue weighted by molar-refractivity contribution is 5.95. The van der Waals surface area contributed by atoms with Crippen LogP contribution in [0.15, 0.2) is 36.1 Å². The van der Waals surface area contributed by atoms with E-state index in [1.807, 2.05) is 13.0 Å². The first kappa shape index (κ1) is 13.8. The number of ether oxygens (including phenoxy) is 3. The van der Waals surface area contributed by atoms with Crippen LogP contribution in [-0.2, 0) is 19.1 Å². The van der Waals surface area contributed by atoms with Crippen molar-refractivity contribution in [2.75, 3.05) is 14.2 Å². The predicted octanol–water partition coefficient (Wildman–Crippen LogP) is 1.60. The van der Waals surface area contributed by atoms with E-state index in [4.69, 9.17) is 4.74 Å². The van der Waals surface area contributed by atoms with Gasteiger partial charge in [-0.05, 0) is 24.6 Å². The third-order valence-electron chi connectivity index (χ3n) is 2.05. The summed E-state index contributed by atoms with van der Waals surface area (Å²) in [6, 6.07) is 7.06. The van der Waals surface area contributed by atoms with Crippen LogP contribution in [0.5, 0.6) is 5.75 Å². The summed E-state index contributed by atoms with van der Waals surface area (Å²) in [5.74, 6) is -1.23. The SMILES string of the molecule is COC(=O)/C=C(/Oc1cccc(C)c1)C(=O)OC. The fourth-order valence-electron chi connectivity index (χ4n) is 1.20. The molecule has 0 radical (unpaired) electrons. The summed E-state index contributed by atoms with van der Waals surface area (Å²) in [6.45, 7) is 1.88. The zero-order valence-electron chi connectivity index (χ0n) is 10.4. The van der Waals surface area contributed by atoms with Gasteiger partial charge in [0.15, 0.2) is 0 Å². The average Bonchev–Trinajstić information content (AvgIpc) is 2.36. The molecular formula is C13H14O5. The van der Waals surface area contributed by atoms with Crippen molar-refractivity contribution < 1.29 is 23.8 Å². The van der Waals surface area contributed by atoms with Gasteiger partial charge in [0, 0.05) is 0 Å². The molecular weight excluding hydrogens is 236 g/mol. The summed E-state index contributed by atoms with van der Waals surface area (Å²) in [4.78, 5) is 22.5. The van der Waals surface area contributed by atoms with Gasteiger partial charge in [0.1, 0.15) is 5.75 Å². The Balaban J connectivity index is 2.95. The number of carbonyl (C=O) groups is 2. The van der Waals surface area contributed by atoms with Crippen LogP contribution in [0.2, 0.25) is 0 Å². The third kappa shape index (κ3) is 3.93. The number of benzene rings is 1. The maximum absolute atomic E-state index is 11.4. The lowest BCUT2D eigenvalue weighted by atomic mass is 10.2. The van der Waals surface area contributed by atoms with E-state index in [0.29, 0.717) is 5.75 Å². The Kier molecular flexibility index (Phi) is 4.92. The fourth-order valence-corrected chi connectivity index (χ4v) is 1.20. The van der Waals surface area contributed by atoms with Gasteiger partial charge >= 0.3 is 11.9 Å². The molecule has 0 aliphatic heterocycles. The highest BCUT2D eigenvalue weighted by Crippen LogP contribution is 2.16. The minimum Gasteiger partial charge on any atom is -0.466 e. The van der Waals surface area contributed by atoms with Crippen molar-refractivity contribution in [3.05, 3.63) is 41.7 Å².